The third-order valence-electron chi connectivity index (χ3n) is 4.90. The molecule has 1 saturated heterocycles. The van der Waals surface area contributed by atoms with E-state index in [4.69, 9.17) is 0 Å². The molecule has 2 aromatic rings. The van der Waals surface area contributed by atoms with Crippen LogP contribution in [0.1, 0.15) is 47.7 Å². The van der Waals surface area contributed by atoms with E-state index >= 15 is 0 Å². The average Bonchev–Trinajstić information content (AvgIpc) is 3.21. The van der Waals surface area contributed by atoms with Crippen LogP contribution in [0.3, 0.4) is 0 Å². The quantitative estimate of drug-likeness (QED) is 0.854. The summed E-state index contributed by atoms with van der Waals surface area (Å²) in [6, 6.07) is 15.7. The molecule has 0 bridgehead atoms. The highest BCUT2D eigenvalue weighted by Crippen LogP contribution is 2.20. The van der Waals surface area contributed by atoms with Gasteiger partial charge in [-0.25, -0.2) is 0 Å². The highest BCUT2D eigenvalue weighted by Gasteiger charge is 2.22. The van der Waals surface area contributed by atoms with Gasteiger partial charge in [0.2, 0.25) is 5.91 Å². The molecule has 0 unspecified atom stereocenters. The first kappa shape index (κ1) is 18.2. The Bertz CT molecular complexity index is 762. The van der Waals surface area contributed by atoms with Crippen LogP contribution in [0.4, 0.5) is 5.69 Å². The monoisotopic (exact) mass is 350 g/mol. The van der Waals surface area contributed by atoms with E-state index in [1.807, 2.05) is 17.0 Å². The summed E-state index contributed by atoms with van der Waals surface area (Å²) in [5, 5.41) is 2.92. The molecule has 1 heterocycles. The van der Waals surface area contributed by atoms with Crippen molar-refractivity contribution in [2.24, 2.45) is 0 Å². The number of hydrogen-bond acceptors (Lipinski definition) is 2. The number of nitrogens with zero attached hydrogens (tertiary/aromatic N) is 1. The van der Waals surface area contributed by atoms with Gasteiger partial charge in [0.1, 0.15) is 0 Å². The maximum absolute atomic E-state index is 12.7. The number of rotatable bonds is 6. The number of nitrogens with one attached hydrogen (secondary N) is 1. The molecule has 1 aliphatic heterocycles. The van der Waals surface area contributed by atoms with Gasteiger partial charge in [-0.2, -0.15) is 0 Å². The maximum Gasteiger partial charge on any atom is 0.255 e. The number of benzene rings is 2. The summed E-state index contributed by atoms with van der Waals surface area (Å²) >= 11 is 0. The molecule has 2 aromatic carbocycles. The lowest BCUT2D eigenvalue weighted by molar-refractivity contribution is -0.116. The zero-order chi connectivity index (χ0) is 18.4. The van der Waals surface area contributed by atoms with E-state index in [9.17, 15) is 9.59 Å². The van der Waals surface area contributed by atoms with Crippen LogP contribution in [0.25, 0.3) is 0 Å². The predicted molar refractivity (Wildman–Crippen MR) is 104 cm³/mol. The SMILES string of the molecule is CCc1ccc(CCC(=O)Nc2ccccc2C(=O)N2CCCC2)cc1. The molecule has 4 nitrogen and oxygen atoms in total. The molecule has 0 saturated carbocycles. The van der Waals surface area contributed by atoms with Crippen molar-refractivity contribution in [3.63, 3.8) is 0 Å². The Morgan fingerprint density at radius 3 is 2.31 bits per heavy atom. The van der Waals surface area contributed by atoms with E-state index in [1.54, 1.807) is 12.1 Å². The summed E-state index contributed by atoms with van der Waals surface area (Å²) in [4.78, 5) is 26.9. The van der Waals surface area contributed by atoms with Crippen molar-refractivity contribution in [1.29, 1.82) is 0 Å². The van der Waals surface area contributed by atoms with E-state index in [0.717, 1.165) is 37.9 Å². The third kappa shape index (κ3) is 4.51. The molecule has 1 aliphatic rings. The second kappa shape index (κ2) is 8.65. The first-order valence-electron chi connectivity index (χ1n) is 9.43. The van der Waals surface area contributed by atoms with Crippen molar-refractivity contribution < 1.29 is 9.59 Å². The lowest BCUT2D eigenvalue weighted by Crippen LogP contribution is -2.28. The van der Waals surface area contributed by atoms with Crippen molar-refractivity contribution in [2.75, 3.05) is 18.4 Å². The summed E-state index contributed by atoms with van der Waals surface area (Å²) in [5.41, 5.74) is 3.64. The molecule has 136 valence electrons. The van der Waals surface area contributed by atoms with Crippen LogP contribution in [0.15, 0.2) is 48.5 Å². The molecule has 0 spiro atoms. The van der Waals surface area contributed by atoms with Crippen LogP contribution in [0, 0.1) is 0 Å². The highest BCUT2D eigenvalue weighted by molar-refractivity contribution is 6.03. The van der Waals surface area contributed by atoms with Gasteiger partial charge in [-0.3, -0.25) is 9.59 Å². The minimum atomic E-state index is -0.0637. The largest absolute Gasteiger partial charge is 0.339 e. The lowest BCUT2D eigenvalue weighted by atomic mass is 10.1. The standard InChI is InChI=1S/C22H26N2O2/c1-2-17-9-11-18(12-10-17)13-14-21(25)23-20-8-4-3-7-19(20)22(26)24-15-5-6-16-24/h3-4,7-12H,2,5-6,13-16H2,1H3,(H,23,25). The number of carbonyl (C=O) groups excluding carboxylic acids is 2. The molecule has 3 rings (SSSR count). The second-order valence-electron chi connectivity index (χ2n) is 6.76. The van der Waals surface area contributed by atoms with Gasteiger partial charge in [0, 0.05) is 19.5 Å². The summed E-state index contributed by atoms with van der Waals surface area (Å²) in [5.74, 6) is -0.0557. The van der Waals surface area contributed by atoms with Gasteiger partial charge in [-0.05, 0) is 48.9 Å². The third-order valence-corrected chi connectivity index (χ3v) is 4.90. The summed E-state index contributed by atoms with van der Waals surface area (Å²) in [6.45, 7) is 3.73. The number of amides is 2. The number of hydrogen-bond donors (Lipinski definition) is 1. The van der Waals surface area contributed by atoms with Gasteiger partial charge in [0.05, 0.1) is 11.3 Å². The van der Waals surface area contributed by atoms with Gasteiger partial charge in [-0.1, -0.05) is 43.3 Å². The molecule has 1 N–H and O–H groups in total. The molecule has 1 fully saturated rings. The molecule has 0 aromatic heterocycles. The van der Waals surface area contributed by atoms with E-state index in [0.29, 0.717) is 24.1 Å². The Hall–Kier alpha value is -2.62. The number of para-hydroxylation sites is 1. The van der Waals surface area contributed by atoms with Crippen LogP contribution >= 0.6 is 0 Å². The van der Waals surface area contributed by atoms with Crippen molar-refractivity contribution in [1.82, 2.24) is 4.90 Å². The molecular formula is C22H26N2O2. The summed E-state index contributed by atoms with van der Waals surface area (Å²) in [7, 11) is 0. The minimum Gasteiger partial charge on any atom is -0.339 e. The van der Waals surface area contributed by atoms with Crippen LogP contribution < -0.4 is 5.32 Å². The van der Waals surface area contributed by atoms with E-state index in [1.165, 1.54) is 5.56 Å². The predicted octanol–water partition coefficient (Wildman–Crippen LogP) is 4.06. The van der Waals surface area contributed by atoms with Crippen LogP contribution in [-0.2, 0) is 17.6 Å². The number of aryl methyl sites for hydroxylation is 2. The van der Waals surface area contributed by atoms with Gasteiger partial charge < -0.3 is 10.2 Å². The molecule has 0 radical (unpaired) electrons. The Kier molecular flexibility index (Phi) is 6.05. The summed E-state index contributed by atoms with van der Waals surface area (Å²) < 4.78 is 0. The minimum absolute atomic E-state index is 0.00792. The Morgan fingerprint density at radius 1 is 0.962 bits per heavy atom. The zero-order valence-electron chi connectivity index (χ0n) is 15.3. The normalized spacial score (nSPS) is 13.7. The van der Waals surface area contributed by atoms with Gasteiger partial charge in [0.25, 0.3) is 5.91 Å². The van der Waals surface area contributed by atoms with Crippen molar-refractivity contribution in [3.05, 3.63) is 65.2 Å². The maximum atomic E-state index is 12.7. The smallest absolute Gasteiger partial charge is 0.255 e. The Labute approximate surface area is 155 Å². The number of carbonyl (C=O) groups is 2. The first-order chi connectivity index (χ1) is 12.7. The van der Waals surface area contributed by atoms with E-state index in [-0.39, 0.29) is 11.8 Å². The number of anilines is 1. The number of likely N-dealkylation sites (tertiary alicyclic amines) is 1. The Morgan fingerprint density at radius 2 is 1.62 bits per heavy atom. The zero-order valence-corrected chi connectivity index (χ0v) is 15.3. The van der Waals surface area contributed by atoms with Gasteiger partial charge in [-0.15, -0.1) is 0 Å². The van der Waals surface area contributed by atoms with Crippen molar-refractivity contribution in [2.45, 2.75) is 39.0 Å². The van der Waals surface area contributed by atoms with E-state index in [2.05, 4.69) is 36.5 Å². The highest BCUT2D eigenvalue weighted by atomic mass is 16.2. The molecule has 0 atom stereocenters. The molecule has 2 amide bonds. The fraction of sp³-hybridized carbons (Fsp3) is 0.364. The molecule has 26 heavy (non-hydrogen) atoms. The summed E-state index contributed by atoms with van der Waals surface area (Å²) in [6.07, 6.45) is 4.21. The van der Waals surface area contributed by atoms with Crippen LogP contribution in [-0.4, -0.2) is 29.8 Å². The van der Waals surface area contributed by atoms with Gasteiger partial charge in [0.15, 0.2) is 0 Å². The Balaban J connectivity index is 1.61. The van der Waals surface area contributed by atoms with Crippen molar-refractivity contribution in [3.8, 4) is 0 Å². The molecular weight excluding hydrogens is 324 g/mol. The van der Waals surface area contributed by atoms with Crippen LogP contribution in [0.5, 0.6) is 0 Å². The molecule has 0 aliphatic carbocycles. The van der Waals surface area contributed by atoms with Crippen LogP contribution in [0.2, 0.25) is 0 Å². The topological polar surface area (TPSA) is 49.4 Å². The fourth-order valence-corrected chi connectivity index (χ4v) is 3.28. The average molecular weight is 350 g/mol. The second-order valence-corrected chi connectivity index (χ2v) is 6.76. The fourth-order valence-electron chi connectivity index (χ4n) is 3.28. The van der Waals surface area contributed by atoms with Crippen molar-refractivity contribution >= 4 is 17.5 Å². The van der Waals surface area contributed by atoms with Gasteiger partial charge >= 0.3 is 0 Å². The first-order valence-corrected chi connectivity index (χ1v) is 9.43. The van der Waals surface area contributed by atoms with E-state index < -0.39 is 0 Å². The molecule has 4 heteroatoms. The lowest BCUT2D eigenvalue weighted by Gasteiger charge is -2.18.